The predicted molar refractivity (Wildman–Crippen MR) is 86.5 cm³/mol. The van der Waals surface area contributed by atoms with Crippen molar-refractivity contribution in [1.82, 2.24) is 0 Å². The van der Waals surface area contributed by atoms with Gasteiger partial charge in [-0.3, -0.25) is 4.72 Å². The number of benzene rings is 2. The highest BCUT2D eigenvalue weighted by Crippen LogP contribution is 2.27. The van der Waals surface area contributed by atoms with Crippen LogP contribution in [-0.2, 0) is 11.3 Å². The topological polar surface area (TPSA) is 38.3 Å². The average Bonchev–Trinajstić information content (AvgIpc) is 2.43. The zero-order chi connectivity index (χ0) is 14.5. The van der Waals surface area contributed by atoms with Crippen molar-refractivity contribution >= 4 is 28.7 Å². The van der Waals surface area contributed by atoms with E-state index in [-0.39, 0.29) is 0 Å². The van der Waals surface area contributed by atoms with Crippen LogP contribution in [0.5, 0.6) is 5.75 Å². The molecule has 0 bridgehead atoms. The summed E-state index contributed by atoms with van der Waals surface area (Å²) in [5.74, 6) is 0.583. The molecule has 1 unspecified atom stereocenters. The van der Waals surface area contributed by atoms with E-state index in [2.05, 4.69) is 10.8 Å². The van der Waals surface area contributed by atoms with Crippen molar-refractivity contribution in [2.45, 2.75) is 18.7 Å². The largest absolute Gasteiger partial charge is 0.385 e. The number of aryl methyl sites for hydroxylation is 2. The van der Waals surface area contributed by atoms with Crippen LogP contribution in [0.4, 0.5) is 5.69 Å². The first-order chi connectivity index (χ1) is 9.58. The van der Waals surface area contributed by atoms with E-state index >= 15 is 0 Å². The van der Waals surface area contributed by atoms with E-state index < -0.39 is 11.3 Å². The maximum absolute atomic E-state index is 12.0. The van der Waals surface area contributed by atoms with Gasteiger partial charge in [0.2, 0.25) is 0 Å². The van der Waals surface area contributed by atoms with Gasteiger partial charge >= 0.3 is 11.3 Å². The van der Waals surface area contributed by atoms with Crippen molar-refractivity contribution in [1.29, 1.82) is 0 Å². The molecule has 0 aromatic heterocycles. The first-order valence-corrected chi connectivity index (χ1v) is 8.46. The molecule has 0 radical (unpaired) electrons. The maximum atomic E-state index is 12.0. The Balaban J connectivity index is 2.06. The Labute approximate surface area is 126 Å². The molecule has 2 rings (SSSR count). The van der Waals surface area contributed by atoms with Crippen LogP contribution in [0.3, 0.4) is 0 Å². The Morgan fingerprint density at radius 3 is 2.35 bits per heavy atom. The van der Waals surface area contributed by atoms with Gasteiger partial charge in [-0.05, 0) is 49.9 Å². The van der Waals surface area contributed by atoms with Crippen LogP contribution in [0.15, 0.2) is 47.4 Å². The number of rotatable bonds is 5. The molecule has 0 saturated heterocycles. The van der Waals surface area contributed by atoms with E-state index in [1.54, 1.807) is 23.9 Å². The number of hydrogen-bond acceptors (Lipinski definition) is 3. The van der Waals surface area contributed by atoms with Crippen LogP contribution in [0.2, 0.25) is 0 Å². The lowest BCUT2D eigenvalue weighted by atomic mass is 10.2. The fourth-order valence-corrected chi connectivity index (χ4v) is 3.07. The van der Waals surface area contributed by atoms with Crippen LogP contribution in [0.1, 0.15) is 11.1 Å². The second-order valence-corrected chi connectivity index (χ2v) is 6.13. The van der Waals surface area contributed by atoms with Crippen molar-refractivity contribution in [2.24, 2.45) is 0 Å². The summed E-state index contributed by atoms with van der Waals surface area (Å²) in [6.07, 6.45) is 1.99. The molecule has 5 heteroatoms. The van der Waals surface area contributed by atoms with Crippen molar-refractivity contribution < 1.29 is 8.39 Å². The normalized spacial score (nSPS) is 11.9. The van der Waals surface area contributed by atoms with Gasteiger partial charge in [-0.2, -0.15) is 4.21 Å². The minimum atomic E-state index is -1.61. The molecular weight excluding hydrogens is 290 g/mol. The van der Waals surface area contributed by atoms with Crippen molar-refractivity contribution in [3.8, 4) is 5.75 Å². The highest BCUT2D eigenvalue weighted by Gasteiger charge is 2.07. The Bertz CT molecular complexity index is 612. The Hall–Kier alpha value is -1.46. The van der Waals surface area contributed by atoms with Crippen molar-refractivity contribution in [3.05, 3.63) is 53.6 Å². The highest BCUT2D eigenvalue weighted by molar-refractivity contribution is 7.98. The summed E-state index contributed by atoms with van der Waals surface area (Å²) in [6.45, 7) is 4.03. The molecule has 1 N–H and O–H groups in total. The summed E-state index contributed by atoms with van der Waals surface area (Å²) in [4.78, 5) is 1.05. The van der Waals surface area contributed by atoms with Crippen LogP contribution >= 0.6 is 11.8 Å². The lowest BCUT2D eigenvalue weighted by Gasteiger charge is -2.11. The second-order valence-electron chi connectivity index (χ2n) is 4.44. The molecule has 1 atom stereocenters. The fraction of sp³-hybridized carbons (Fsp3) is 0.200. The quantitative estimate of drug-likeness (QED) is 0.845. The van der Waals surface area contributed by atoms with Gasteiger partial charge in [0.1, 0.15) is 5.75 Å². The molecular formula is C15H17NO2S2. The third-order valence-electron chi connectivity index (χ3n) is 2.74. The summed E-state index contributed by atoms with van der Waals surface area (Å²) in [5.41, 5.74) is 3.12. The van der Waals surface area contributed by atoms with E-state index in [0.717, 1.165) is 16.1 Å². The minimum absolute atomic E-state index is 0.583. The summed E-state index contributed by atoms with van der Waals surface area (Å²) >= 11 is -0.00309. The van der Waals surface area contributed by atoms with Gasteiger partial charge in [0, 0.05) is 4.90 Å². The third-order valence-corrected chi connectivity index (χ3v) is 4.25. The van der Waals surface area contributed by atoms with Crippen molar-refractivity contribution in [2.75, 3.05) is 11.0 Å². The standard InChI is InChI=1S/C15H17NO2S2/c1-11-4-7-13(8-5-11)18-20(17)16-14-9-6-12(2)10-15(14)19-3/h4-10,16H,1-3H3. The van der Waals surface area contributed by atoms with E-state index in [1.165, 1.54) is 5.56 Å². The van der Waals surface area contributed by atoms with Crippen LogP contribution in [0, 0.1) is 13.8 Å². The Morgan fingerprint density at radius 1 is 1.05 bits per heavy atom. The average molecular weight is 307 g/mol. The second kappa shape index (κ2) is 6.81. The van der Waals surface area contributed by atoms with Crippen molar-refractivity contribution in [3.63, 3.8) is 0 Å². The summed E-state index contributed by atoms with van der Waals surface area (Å²) in [5, 5.41) is 0. The molecule has 0 aliphatic rings. The molecule has 20 heavy (non-hydrogen) atoms. The zero-order valence-electron chi connectivity index (χ0n) is 11.7. The monoisotopic (exact) mass is 307 g/mol. The molecule has 0 aliphatic carbocycles. The van der Waals surface area contributed by atoms with Gasteiger partial charge in [-0.25, -0.2) is 0 Å². The van der Waals surface area contributed by atoms with Gasteiger partial charge in [0.25, 0.3) is 0 Å². The lowest BCUT2D eigenvalue weighted by Crippen LogP contribution is -2.11. The molecule has 0 fully saturated rings. The van der Waals surface area contributed by atoms with E-state index in [4.69, 9.17) is 4.18 Å². The van der Waals surface area contributed by atoms with E-state index in [9.17, 15) is 4.21 Å². The van der Waals surface area contributed by atoms with Gasteiger partial charge in [0.05, 0.1) is 5.69 Å². The molecule has 2 aromatic carbocycles. The third kappa shape index (κ3) is 4.02. The molecule has 0 saturated carbocycles. The maximum Gasteiger partial charge on any atom is 0.316 e. The van der Waals surface area contributed by atoms with Crippen LogP contribution < -0.4 is 8.91 Å². The van der Waals surface area contributed by atoms with E-state index in [1.807, 2.05) is 44.4 Å². The Kier molecular flexibility index (Phi) is 5.09. The fourth-order valence-electron chi connectivity index (χ4n) is 1.67. The summed E-state index contributed by atoms with van der Waals surface area (Å²) < 4.78 is 20.2. The number of nitrogens with one attached hydrogen (secondary N) is 1. The highest BCUT2D eigenvalue weighted by atomic mass is 32.2. The molecule has 3 nitrogen and oxygen atoms in total. The lowest BCUT2D eigenvalue weighted by molar-refractivity contribution is 0.567. The van der Waals surface area contributed by atoms with Gasteiger partial charge in [0.15, 0.2) is 0 Å². The predicted octanol–water partition coefficient (Wildman–Crippen LogP) is 4.09. The smallest absolute Gasteiger partial charge is 0.316 e. The van der Waals surface area contributed by atoms with E-state index in [0.29, 0.717) is 5.75 Å². The first kappa shape index (κ1) is 14.9. The SMILES string of the molecule is CSc1cc(C)ccc1NS(=O)Oc1ccc(C)cc1. The molecule has 0 spiro atoms. The minimum Gasteiger partial charge on any atom is -0.385 e. The molecule has 0 amide bonds. The molecule has 0 heterocycles. The van der Waals surface area contributed by atoms with Gasteiger partial charge < -0.3 is 4.18 Å². The van der Waals surface area contributed by atoms with Gasteiger partial charge in [-0.1, -0.05) is 23.8 Å². The molecule has 2 aromatic rings. The molecule has 106 valence electrons. The van der Waals surface area contributed by atoms with Crippen LogP contribution in [-0.4, -0.2) is 10.5 Å². The number of thioether (sulfide) groups is 1. The number of anilines is 1. The zero-order valence-corrected chi connectivity index (χ0v) is 13.3. The first-order valence-electron chi connectivity index (χ1n) is 6.16. The summed E-state index contributed by atoms with van der Waals surface area (Å²) in [7, 11) is 0. The van der Waals surface area contributed by atoms with Crippen LogP contribution in [0.25, 0.3) is 0 Å². The Morgan fingerprint density at radius 2 is 1.70 bits per heavy atom. The summed E-state index contributed by atoms with van der Waals surface area (Å²) in [6, 6.07) is 13.4. The molecule has 0 aliphatic heterocycles. The number of hydrogen-bond donors (Lipinski definition) is 1. The van der Waals surface area contributed by atoms with Gasteiger partial charge in [-0.15, -0.1) is 11.8 Å².